The lowest BCUT2D eigenvalue weighted by atomic mass is 10.2. The Hall–Kier alpha value is -3.30. The van der Waals surface area contributed by atoms with Gasteiger partial charge in [-0.2, -0.15) is 21.7 Å². The van der Waals surface area contributed by atoms with Crippen molar-refractivity contribution in [3.05, 3.63) is 69.0 Å². The maximum atomic E-state index is 11.3. The molecule has 2 heterocycles. The summed E-state index contributed by atoms with van der Waals surface area (Å²) in [5.74, 6) is 5.27. The number of nitrogens with one attached hydrogen (secondary N) is 4. The Kier molecular flexibility index (Phi) is 15.1. The van der Waals surface area contributed by atoms with E-state index in [1.807, 2.05) is 6.26 Å². The number of halogens is 2. The average Bonchev–Trinajstić information content (AvgIpc) is 3.04. The molecule has 0 saturated heterocycles. The van der Waals surface area contributed by atoms with Crippen LogP contribution in [-0.4, -0.2) is 73.1 Å². The van der Waals surface area contributed by atoms with Crippen LogP contribution in [0.15, 0.2) is 75.2 Å². The third-order valence-electron chi connectivity index (χ3n) is 5.96. The minimum atomic E-state index is -3.73. The first-order chi connectivity index (χ1) is 22.7. The van der Waals surface area contributed by atoms with Crippen molar-refractivity contribution in [1.29, 1.82) is 0 Å². The van der Waals surface area contributed by atoms with E-state index in [1.165, 1.54) is 24.3 Å². The van der Waals surface area contributed by atoms with Crippen molar-refractivity contribution >= 4 is 105 Å². The second kappa shape index (κ2) is 18.5. The van der Waals surface area contributed by atoms with Gasteiger partial charge in [-0.3, -0.25) is 0 Å². The van der Waals surface area contributed by atoms with Crippen LogP contribution in [0, 0.1) is 15.9 Å². The smallest absolute Gasteiger partial charge is 0.238 e. The predicted molar refractivity (Wildman–Crippen MR) is 201 cm³/mol. The van der Waals surface area contributed by atoms with Crippen LogP contribution < -0.4 is 31.5 Å². The maximum absolute atomic E-state index is 11.3. The standard InChI is InChI=1S/C15H20BrN5O3S2.C13H12IN5O2S/c1-25-7-6-11(9-22)19-14-13(16)8-18-15(21-14)20-10-2-4-12(5-3-10)26(17,23)24;1-2-7-16-12-11(14)8-17-13(19-12)18-9-3-5-10(6-4-9)22(15,20)21/h2-5,8,11,22H,6-7,9H2,1H3,(H2,17,23,24)(H2,18,19,20,21);1,3-6,8H,7H2,(H2,15,20,21)(H2,16,17,18,19)/t11-;/m0./s1. The van der Waals surface area contributed by atoms with E-state index in [2.05, 4.69) is 85.6 Å². The Balaban J connectivity index is 0.000000264. The Labute approximate surface area is 305 Å². The summed E-state index contributed by atoms with van der Waals surface area (Å²) >= 11 is 7.19. The van der Waals surface area contributed by atoms with Crippen LogP contribution in [0.25, 0.3) is 0 Å². The van der Waals surface area contributed by atoms with E-state index in [-0.39, 0.29) is 22.4 Å². The predicted octanol–water partition coefficient (Wildman–Crippen LogP) is 3.67. The van der Waals surface area contributed by atoms with Gasteiger partial charge in [0.1, 0.15) is 11.6 Å². The molecule has 2 aromatic carbocycles. The van der Waals surface area contributed by atoms with Gasteiger partial charge in [-0.1, -0.05) is 5.92 Å². The summed E-state index contributed by atoms with van der Waals surface area (Å²) in [6.45, 7) is 0.351. The van der Waals surface area contributed by atoms with Gasteiger partial charge in [0.25, 0.3) is 0 Å². The number of hydrogen-bond acceptors (Lipinski definition) is 14. The van der Waals surface area contributed by atoms with Gasteiger partial charge < -0.3 is 26.4 Å². The lowest BCUT2D eigenvalue weighted by Gasteiger charge is -2.17. The first-order valence-electron chi connectivity index (χ1n) is 13.6. The fourth-order valence-electron chi connectivity index (χ4n) is 3.59. The molecule has 4 aromatic rings. The zero-order valence-corrected chi connectivity index (χ0v) is 31.5. The number of sulfonamides is 2. The topological polar surface area (TPSA) is 240 Å². The maximum Gasteiger partial charge on any atom is 0.238 e. The molecular formula is C28H32BrIN10O5S3. The van der Waals surface area contributed by atoms with Crippen molar-refractivity contribution < 1.29 is 21.9 Å². The summed E-state index contributed by atoms with van der Waals surface area (Å²) in [6, 6.07) is 11.8. The molecule has 0 radical (unpaired) electrons. The van der Waals surface area contributed by atoms with Crippen molar-refractivity contribution in [3.8, 4) is 12.3 Å². The minimum Gasteiger partial charge on any atom is -0.394 e. The highest BCUT2D eigenvalue weighted by atomic mass is 127. The molecule has 1 atom stereocenters. The third-order valence-corrected chi connectivity index (χ3v) is 9.83. The van der Waals surface area contributed by atoms with E-state index in [4.69, 9.17) is 16.7 Å². The van der Waals surface area contributed by atoms with Gasteiger partial charge >= 0.3 is 0 Å². The largest absolute Gasteiger partial charge is 0.394 e. The summed E-state index contributed by atoms with van der Waals surface area (Å²) in [4.78, 5) is 17.1. The molecule has 0 aliphatic rings. The number of aliphatic hydroxyl groups excluding tert-OH is 1. The summed E-state index contributed by atoms with van der Waals surface area (Å²) in [5.41, 5.74) is 1.25. The number of nitrogens with two attached hydrogens (primary N) is 2. The van der Waals surface area contributed by atoms with Crippen LogP contribution in [-0.2, 0) is 20.0 Å². The number of rotatable bonds is 14. The lowest BCUT2D eigenvalue weighted by molar-refractivity contribution is 0.272. The summed E-state index contributed by atoms with van der Waals surface area (Å²) in [5, 5.41) is 31.8. The van der Waals surface area contributed by atoms with Crippen LogP contribution >= 0.6 is 50.3 Å². The van der Waals surface area contributed by atoms with Crippen LogP contribution in [0.1, 0.15) is 6.42 Å². The van der Waals surface area contributed by atoms with E-state index in [9.17, 15) is 21.9 Å². The number of aromatic nitrogens is 4. The second-order valence-corrected chi connectivity index (χ2v) is 15.7. The first-order valence-corrected chi connectivity index (χ1v) is 20.0. The van der Waals surface area contributed by atoms with Crippen LogP contribution in [0.5, 0.6) is 0 Å². The molecule has 0 saturated carbocycles. The lowest BCUT2D eigenvalue weighted by Crippen LogP contribution is -2.25. The average molecular weight is 892 g/mol. The molecule has 0 aliphatic heterocycles. The quantitative estimate of drug-likeness (QED) is 0.0707. The number of anilines is 6. The van der Waals surface area contributed by atoms with Crippen LogP contribution in [0.3, 0.4) is 0 Å². The van der Waals surface area contributed by atoms with Gasteiger partial charge in [-0.15, -0.1) is 6.42 Å². The minimum absolute atomic E-state index is 0.00517. The molecule has 0 fully saturated rings. The number of benzene rings is 2. The Morgan fingerprint density at radius 2 is 1.42 bits per heavy atom. The van der Waals surface area contributed by atoms with Crippen molar-refractivity contribution in [2.45, 2.75) is 22.3 Å². The van der Waals surface area contributed by atoms with Crippen LogP contribution in [0.4, 0.5) is 34.9 Å². The van der Waals surface area contributed by atoms with E-state index < -0.39 is 20.0 Å². The molecule has 0 spiro atoms. The van der Waals surface area contributed by atoms with Gasteiger partial charge in [0, 0.05) is 23.8 Å². The molecule has 4 rings (SSSR count). The number of thioether (sulfide) groups is 1. The molecule has 0 amide bonds. The zero-order valence-electron chi connectivity index (χ0n) is 25.3. The van der Waals surface area contributed by atoms with E-state index in [0.29, 0.717) is 45.9 Å². The Morgan fingerprint density at radius 3 is 1.88 bits per heavy atom. The zero-order chi connectivity index (χ0) is 35.3. The molecule has 256 valence electrons. The van der Waals surface area contributed by atoms with E-state index >= 15 is 0 Å². The summed E-state index contributed by atoms with van der Waals surface area (Å²) < 4.78 is 46.5. The highest BCUT2D eigenvalue weighted by Crippen LogP contribution is 2.24. The molecule has 0 bridgehead atoms. The van der Waals surface area contributed by atoms with Crippen LogP contribution in [0.2, 0.25) is 0 Å². The molecule has 48 heavy (non-hydrogen) atoms. The van der Waals surface area contributed by atoms with Gasteiger partial charge in [0.05, 0.1) is 37.0 Å². The number of hydrogen-bond donors (Lipinski definition) is 7. The third kappa shape index (κ3) is 12.6. The van der Waals surface area contributed by atoms with E-state index in [1.54, 1.807) is 48.4 Å². The second-order valence-electron chi connectivity index (χ2n) is 9.53. The van der Waals surface area contributed by atoms with Gasteiger partial charge in [0.2, 0.25) is 31.9 Å². The fourth-order valence-corrected chi connectivity index (χ4v) is 5.90. The van der Waals surface area contributed by atoms with Crippen molar-refractivity contribution in [3.63, 3.8) is 0 Å². The van der Waals surface area contributed by atoms with Crippen molar-refractivity contribution in [2.24, 2.45) is 10.3 Å². The van der Waals surface area contributed by atoms with Crippen molar-refractivity contribution in [1.82, 2.24) is 19.9 Å². The molecule has 0 unspecified atom stereocenters. The van der Waals surface area contributed by atoms with Gasteiger partial charge in [-0.25, -0.2) is 37.1 Å². The van der Waals surface area contributed by atoms with E-state index in [0.717, 1.165) is 15.7 Å². The van der Waals surface area contributed by atoms with Gasteiger partial charge in [0.15, 0.2) is 0 Å². The highest BCUT2D eigenvalue weighted by molar-refractivity contribution is 14.1. The fraction of sp³-hybridized carbons (Fsp3) is 0.214. The summed E-state index contributed by atoms with van der Waals surface area (Å²) in [6.07, 6.45) is 11.3. The highest BCUT2D eigenvalue weighted by Gasteiger charge is 2.13. The molecule has 20 heteroatoms. The molecular weight excluding hydrogens is 859 g/mol. The molecule has 0 aliphatic carbocycles. The Morgan fingerprint density at radius 1 is 0.917 bits per heavy atom. The van der Waals surface area contributed by atoms with Crippen molar-refractivity contribution in [2.75, 3.05) is 46.4 Å². The monoisotopic (exact) mass is 890 g/mol. The molecule has 2 aromatic heterocycles. The molecule has 9 N–H and O–H groups in total. The Bertz CT molecular complexity index is 1930. The summed E-state index contributed by atoms with van der Waals surface area (Å²) in [7, 11) is -7.43. The number of aliphatic hydroxyl groups is 1. The number of terminal acetylenes is 1. The number of primary sulfonamides is 2. The first kappa shape index (κ1) is 39.1. The normalized spacial score (nSPS) is 11.8. The van der Waals surface area contributed by atoms with Gasteiger partial charge in [-0.05, 0) is 105 Å². The SMILES string of the molecule is C#CCNc1nc(Nc2ccc(S(N)(=O)=O)cc2)ncc1I.CSCC[C@@H](CO)Nc1nc(Nc2ccc(S(N)(=O)=O)cc2)ncc1Br. The molecule has 15 nitrogen and oxygen atoms in total. The number of nitrogens with zero attached hydrogens (tertiary/aromatic N) is 4.